The fraction of sp³-hybridized carbons (Fsp3) is 0.519. The van der Waals surface area contributed by atoms with Crippen LogP contribution >= 0.6 is 0 Å². The van der Waals surface area contributed by atoms with Crippen molar-refractivity contribution in [1.29, 1.82) is 0 Å². The van der Waals surface area contributed by atoms with Crippen LogP contribution in [0, 0.1) is 0 Å². The normalized spacial score (nSPS) is 16.6. The predicted molar refractivity (Wildman–Crippen MR) is 137 cm³/mol. The van der Waals surface area contributed by atoms with Crippen LogP contribution in [0.4, 0.5) is 0 Å². The maximum atomic E-state index is 13.5. The van der Waals surface area contributed by atoms with Gasteiger partial charge in [-0.2, -0.15) is 0 Å². The molecule has 0 spiro atoms. The van der Waals surface area contributed by atoms with Gasteiger partial charge in [0, 0.05) is 18.2 Å². The van der Waals surface area contributed by atoms with Gasteiger partial charge in [0.1, 0.15) is 5.75 Å². The lowest BCUT2D eigenvalue weighted by molar-refractivity contribution is 0.0680. The smallest absolute Gasteiger partial charge is 0.254 e. The van der Waals surface area contributed by atoms with E-state index in [4.69, 9.17) is 14.2 Å². The molecule has 7 nitrogen and oxygen atoms in total. The molecule has 0 aliphatic carbocycles. The van der Waals surface area contributed by atoms with Crippen molar-refractivity contribution in [2.45, 2.75) is 58.0 Å². The van der Waals surface area contributed by atoms with Gasteiger partial charge >= 0.3 is 0 Å². The maximum absolute atomic E-state index is 13.5. The predicted octanol–water partition coefficient (Wildman–Crippen LogP) is 4.88. The van der Waals surface area contributed by atoms with Gasteiger partial charge in [-0.15, -0.1) is 0 Å². The monoisotopic (exact) mass is 503 g/mol. The zero-order valence-electron chi connectivity index (χ0n) is 21.0. The molecular formula is C27H37NO6S. The van der Waals surface area contributed by atoms with Gasteiger partial charge in [-0.05, 0) is 54.8 Å². The number of nitrogens with zero attached hydrogens (tertiary/aromatic N) is 1. The molecule has 8 heteroatoms. The van der Waals surface area contributed by atoms with E-state index in [-0.39, 0.29) is 30.0 Å². The van der Waals surface area contributed by atoms with Crippen LogP contribution in [0.1, 0.15) is 61.4 Å². The number of rotatable bonds is 13. The molecule has 0 saturated carbocycles. The highest BCUT2D eigenvalue weighted by Crippen LogP contribution is 2.30. The van der Waals surface area contributed by atoms with Crippen molar-refractivity contribution in [1.82, 2.24) is 4.90 Å². The van der Waals surface area contributed by atoms with Gasteiger partial charge in [0.15, 0.2) is 21.3 Å². The molecule has 1 unspecified atom stereocenters. The Hall–Kier alpha value is -2.74. The minimum Gasteiger partial charge on any atom is -0.494 e. The first-order chi connectivity index (χ1) is 16.9. The average Bonchev–Trinajstić information content (AvgIpc) is 3.23. The van der Waals surface area contributed by atoms with Crippen LogP contribution in [0.5, 0.6) is 17.2 Å². The summed E-state index contributed by atoms with van der Waals surface area (Å²) in [6.07, 6.45) is 6.28. The summed E-state index contributed by atoms with van der Waals surface area (Å²) < 4.78 is 40.9. The van der Waals surface area contributed by atoms with Crippen molar-refractivity contribution >= 4 is 15.7 Å². The van der Waals surface area contributed by atoms with Crippen LogP contribution in [0.25, 0.3) is 0 Å². The standard InChI is InChI=1S/C27H37NO6S/c1-4-5-6-7-8-16-34-24-12-10-22(11-13-24)27(29)28(23-15-17-35(30,31)20-23)19-21-9-14-25(32-2)26(18-21)33-3/h9-14,18,23H,4-8,15-17,19-20H2,1-3H3. The number of hydrogen-bond acceptors (Lipinski definition) is 6. The summed E-state index contributed by atoms with van der Waals surface area (Å²) in [6, 6.07) is 12.2. The Labute approximate surface area is 209 Å². The SMILES string of the molecule is CCCCCCCOc1ccc(C(=O)N(Cc2ccc(OC)c(OC)c2)C2CCS(=O)(=O)C2)cc1. The lowest BCUT2D eigenvalue weighted by Gasteiger charge is -2.29. The summed E-state index contributed by atoms with van der Waals surface area (Å²) >= 11 is 0. The van der Waals surface area contributed by atoms with Crippen molar-refractivity contribution in [3.63, 3.8) is 0 Å². The lowest BCUT2D eigenvalue weighted by Crippen LogP contribution is -2.40. The minimum absolute atomic E-state index is 0.0226. The molecule has 1 atom stereocenters. The quantitative estimate of drug-likeness (QED) is 0.362. The molecule has 0 bridgehead atoms. The molecule has 2 aromatic rings. The third-order valence-electron chi connectivity index (χ3n) is 6.33. The molecule has 192 valence electrons. The molecule has 0 radical (unpaired) electrons. The highest BCUT2D eigenvalue weighted by Gasteiger charge is 2.35. The second-order valence-electron chi connectivity index (χ2n) is 8.97. The first-order valence-corrected chi connectivity index (χ1v) is 14.1. The first kappa shape index (κ1) is 26.9. The Morgan fingerprint density at radius 2 is 1.69 bits per heavy atom. The number of hydrogen-bond donors (Lipinski definition) is 0. The fourth-order valence-corrected chi connectivity index (χ4v) is 6.05. The average molecular weight is 504 g/mol. The van der Waals surface area contributed by atoms with E-state index in [0.29, 0.717) is 30.1 Å². The van der Waals surface area contributed by atoms with E-state index < -0.39 is 9.84 Å². The minimum atomic E-state index is -3.16. The number of benzene rings is 2. The molecule has 1 aliphatic rings. The summed E-state index contributed by atoms with van der Waals surface area (Å²) in [5.74, 6) is 1.76. The summed E-state index contributed by atoms with van der Waals surface area (Å²) in [7, 11) is -0.0317. The molecule has 1 amide bonds. The number of carbonyl (C=O) groups is 1. The van der Waals surface area contributed by atoms with Gasteiger partial charge in [-0.3, -0.25) is 4.79 Å². The van der Waals surface area contributed by atoms with Crippen LogP contribution in [0.2, 0.25) is 0 Å². The Kier molecular flexibility index (Phi) is 9.83. The summed E-state index contributed by atoms with van der Waals surface area (Å²) in [5.41, 5.74) is 1.34. The third-order valence-corrected chi connectivity index (χ3v) is 8.08. The van der Waals surface area contributed by atoms with Crippen molar-refractivity contribution < 1.29 is 27.4 Å². The molecule has 1 saturated heterocycles. The Morgan fingerprint density at radius 3 is 2.31 bits per heavy atom. The summed E-state index contributed by atoms with van der Waals surface area (Å²) in [4.78, 5) is 15.2. The second kappa shape index (κ2) is 12.8. The van der Waals surface area contributed by atoms with E-state index in [1.54, 1.807) is 49.5 Å². The lowest BCUT2D eigenvalue weighted by atomic mass is 10.1. The first-order valence-electron chi connectivity index (χ1n) is 12.3. The van der Waals surface area contributed by atoms with Crippen LogP contribution < -0.4 is 14.2 Å². The molecule has 35 heavy (non-hydrogen) atoms. The number of ether oxygens (including phenoxy) is 3. The third kappa shape index (κ3) is 7.62. The number of amides is 1. The van der Waals surface area contributed by atoms with Gasteiger partial charge in [-0.25, -0.2) is 8.42 Å². The Balaban J connectivity index is 1.72. The van der Waals surface area contributed by atoms with E-state index in [0.717, 1.165) is 24.2 Å². The van der Waals surface area contributed by atoms with E-state index in [2.05, 4.69) is 6.92 Å². The Bertz CT molecular complexity index is 1070. The summed E-state index contributed by atoms with van der Waals surface area (Å²) in [6.45, 7) is 3.12. The van der Waals surface area contributed by atoms with Gasteiger partial charge in [-0.1, -0.05) is 38.7 Å². The van der Waals surface area contributed by atoms with Gasteiger partial charge in [0.25, 0.3) is 5.91 Å². The van der Waals surface area contributed by atoms with Crippen LogP contribution in [0.3, 0.4) is 0 Å². The number of sulfone groups is 1. The van der Waals surface area contributed by atoms with Crippen molar-refractivity contribution in [2.75, 3.05) is 32.3 Å². The van der Waals surface area contributed by atoms with Crippen molar-refractivity contribution in [2.24, 2.45) is 0 Å². The molecule has 0 aromatic heterocycles. The molecule has 2 aromatic carbocycles. The van der Waals surface area contributed by atoms with E-state index >= 15 is 0 Å². The van der Waals surface area contributed by atoms with E-state index in [1.807, 2.05) is 12.1 Å². The molecule has 0 N–H and O–H groups in total. The van der Waals surface area contributed by atoms with Gasteiger partial charge in [0.05, 0.1) is 32.3 Å². The number of methoxy groups -OCH3 is 2. The number of unbranched alkanes of at least 4 members (excludes halogenated alkanes) is 4. The molecule has 1 fully saturated rings. The molecule has 1 aliphatic heterocycles. The van der Waals surface area contributed by atoms with Crippen molar-refractivity contribution in [3.8, 4) is 17.2 Å². The molecule has 1 heterocycles. The topological polar surface area (TPSA) is 82.1 Å². The summed E-state index contributed by atoms with van der Waals surface area (Å²) in [5, 5.41) is 0. The van der Waals surface area contributed by atoms with Gasteiger partial charge < -0.3 is 19.1 Å². The largest absolute Gasteiger partial charge is 0.494 e. The zero-order chi connectivity index (χ0) is 25.3. The van der Waals surface area contributed by atoms with E-state index in [1.165, 1.54) is 19.3 Å². The van der Waals surface area contributed by atoms with Crippen LogP contribution in [-0.2, 0) is 16.4 Å². The van der Waals surface area contributed by atoms with Crippen molar-refractivity contribution in [3.05, 3.63) is 53.6 Å². The zero-order valence-corrected chi connectivity index (χ0v) is 21.8. The van der Waals surface area contributed by atoms with Crippen LogP contribution in [0.15, 0.2) is 42.5 Å². The van der Waals surface area contributed by atoms with Gasteiger partial charge in [0.2, 0.25) is 0 Å². The molecule has 3 rings (SSSR count). The van der Waals surface area contributed by atoms with E-state index in [9.17, 15) is 13.2 Å². The Morgan fingerprint density at radius 1 is 0.971 bits per heavy atom. The molecular weight excluding hydrogens is 466 g/mol. The fourth-order valence-electron chi connectivity index (χ4n) is 4.32. The maximum Gasteiger partial charge on any atom is 0.254 e. The second-order valence-corrected chi connectivity index (χ2v) is 11.2. The number of carbonyl (C=O) groups excluding carboxylic acids is 1. The van der Waals surface area contributed by atoms with Crippen LogP contribution in [-0.4, -0.2) is 57.6 Å². The highest BCUT2D eigenvalue weighted by molar-refractivity contribution is 7.91. The highest BCUT2D eigenvalue weighted by atomic mass is 32.2.